The molecule has 0 saturated carbocycles. The van der Waals surface area contributed by atoms with Crippen LogP contribution in [0.4, 0.5) is 0 Å². The van der Waals surface area contributed by atoms with Crippen molar-refractivity contribution in [1.29, 1.82) is 0 Å². The Morgan fingerprint density at radius 1 is 1.10 bits per heavy atom. The van der Waals surface area contributed by atoms with Crippen molar-refractivity contribution in [1.82, 2.24) is 5.32 Å². The van der Waals surface area contributed by atoms with Gasteiger partial charge in [0, 0.05) is 16.6 Å². The monoisotopic (exact) mass is 331 g/mol. The highest BCUT2D eigenvalue weighted by Crippen LogP contribution is 2.31. The molecule has 3 heteroatoms. The summed E-state index contributed by atoms with van der Waals surface area (Å²) in [7, 11) is 1.94. The van der Waals surface area contributed by atoms with E-state index >= 15 is 0 Å². The van der Waals surface area contributed by atoms with Gasteiger partial charge in [-0.1, -0.05) is 22.0 Å². The van der Waals surface area contributed by atoms with Crippen molar-refractivity contribution in [3.05, 3.63) is 57.6 Å². The van der Waals surface area contributed by atoms with Gasteiger partial charge in [-0.25, -0.2) is 0 Å². The number of nitrogens with one attached hydrogen (secondary N) is 1. The van der Waals surface area contributed by atoms with Crippen molar-refractivity contribution < 1.29 is 4.74 Å². The van der Waals surface area contributed by atoms with Crippen LogP contribution in [0.5, 0.6) is 11.5 Å². The second-order valence-electron chi connectivity index (χ2n) is 5.17. The zero-order valence-electron chi connectivity index (χ0n) is 11.6. The van der Waals surface area contributed by atoms with E-state index in [1.165, 1.54) is 30.4 Å². The van der Waals surface area contributed by atoms with E-state index in [0.717, 1.165) is 28.1 Å². The highest BCUT2D eigenvalue weighted by atomic mass is 79.9. The van der Waals surface area contributed by atoms with Crippen LogP contribution in [0.3, 0.4) is 0 Å². The molecule has 0 bridgehead atoms. The van der Waals surface area contributed by atoms with Crippen LogP contribution in [0.2, 0.25) is 0 Å². The molecule has 2 aromatic carbocycles. The van der Waals surface area contributed by atoms with Gasteiger partial charge in [0.2, 0.25) is 0 Å². The quantitative estimate of drug-likeness (QED) is 0.893. The summed E-state index contributed by atoms with van der Waals surface area (Å²) in [6.45, 7) is 0.791. The van der Waals surface area contributed by atoms with E-state index < -0.39 is 0 Å². The van der Waals surface area contributed by atoms with Gasteiger partial charge < -0.3 is 10.1 Å². The maximum Gasteiger partial charge on any atom is 0.131 e. The van der Waals surface area contributed by atoms with Crippen LogP contribution in [0.25, 0.3) is 0 Å². The first-order valence-corrected chi connectivity index (χ1v) is 7.78. The number of benzene rings is 2. The average Bonchev–Trinajstić information content (AvgIpc) is 2.89. The molecule has 1 N–H and O–H groups in total. The minimum absolute atomic E-state index is 0.791. The van der Waals surface area contributed by atoms with Crippen LogP contribution in [-0.4, -0.2) is 7.05 Å². The number of hydrogen-bond acceptors (Lipinski definition) is 2. The van der Waals surface area contributed by atoms with E-state index in [9.17, 15) is 0 Å². The average molecular weight is 332 g/mol. The lowest BCUT2D eigenvalue weighted by Gasteiger charge is -2.12. The Labute approximate surface area is 128 Å². The summed E-state index contributed by atoms with van der Waals surface area (Å²) in [5.74, 6) is 1.85. The second kappa shape index (κ2) is 5.98. The Balaban J connectivity index is 1.87. The van der Waals surface area contributed by atoms with E-state index in [2.05, 4.69) is 45.5 Å². The molecule has 1 aliphatic rings. The largest absolute Gasteiger partial charge is 0.457 e. The van der Waals surface area contributed by atoms with Gasteiger partial charge in [-0.3, -0.25) is 0 Å². The molecule has 0 amide bonds. The Morgan fingerprint density at radius 3 is 2.80 bits per heavy atom. The lowest BCUT2D eigenvalue weighted by molar-refractivity contribution is 0.473. The van der Waals surface area contributed by atoms with Crippen molar-refractivity contribution in [3.63, 3.8) is 0 Å². The predicted molar refractivity (Wildman–Crippen MR) is 85.4 cm³/mol. The van der Waals surface area contributed by atoms with Gasteiger partial charge in [0.15, 0.2) is 0 Å². The summed E-state index contributed by atoms with van der Waals surface area (Å²) in [5, 5.41) is 3.18. The van der Waals surface area contributed by atoms with Crippen molar-refractivity contribution in [2.75, 3.05) is 7.05 Å². The zero-order chi connectivity index (χ0) is 13.9. The predicted octanol–water partition coefficient (Wildman–Crippen LogP) is 4.45. The molecule has 0 saturated heterocycles. The molecule has 1 aliphatic carbocycles. The first-order chi connectivity index (χ1) is 9.76. The van der Waals surface area contributed by atoms with Gasteiger partial charge in [-0.05, 0) is 67.8 Å². The number of aryl methyl sites for hydroxylation is 2. The van der Waals surface area contributed by atoms with Gasteiger partial charge in [0.05, 0.1) is 0 Å². The molecule has 0 fully saturated rings. The fourth-order valence-corrected chi connectivity index (χ4v) is 3.12. The van der Waals surface area contributed by atoms with E-state index in [1.807, 2.05) is 19.2 Å². The molecule has 0 aliphatic heterocycles. The molecule has 2 nitrogen and oxygen atoms in total. The normalized spacial score (nSPS) is 13.3. The molecule has 0 heterocycles. The van der Waals surface area contributed by atoms with Gasteiger partial charge in [-0.15, -0.1) is 0 Å². The number of ether oxygens (including phenoxy) is 1. The maximum absolute atomic E-state index is 6.08. The van der Waals surface area contributed by atoms with Gasteiger partial charge >= 0.3 is 0 Å². The SMILES string of the molecule is CNCc1cc(Br)ccc1Oc1ccc2c(c1)CCC2. The van der Waals surface area contributed by atoms with E-state index in [0.29, 0.717) is 0 Å². The molecule has 2 aromatic rings. The molecular weight excluding hydrogens is 314 g/mol. The number of fused-ring (bicyclic) bond motifs is 1. The number of hydrogen-bond donors (Lipinski definition) is 1. The minimum Gasteiger partial charge on any atom is -0.457 e. The van der Waals surface area contributed by atoms with Crippen molar-refractivity contribution in [2.45, 2.75) is 25.8 Å². The van der Waals surface area contributed by atoms with Crippen LogP contribution >= 0.6 is 15.9 Å². The van der Waals surface area contributed by atoms with Crippen molar-refractivity contribution in [2.24, 2.45) is 0 Å². The first-order valence-electron chi connectivity index (χ1n) is 6.99. The number of halogens is 1. The molecular formula is C17H18BrNO. The molecule has 0 aromatic heterocycles. The van der Waals surface area contributed by atoms with Crippen LogP contribution in [-0.2, 0) is 19.4 Å². The molecule has 3 rings (SSSR count). The van der Waals surface area contributed by atoms with Gasteiger partial charge in [0.25, 0.3) is 0 Å². The molecule has 104 valence electrons. The third kappa shape index (κ3) is 2.89. The maximum atomic E-state index is 6.08. The Bertz CT molecular complexity index is 624. The third-order valence-electron chi connectivity index (χ3n) is 3.69. The zero-order valence-corrected chi connectivity index (χ0v) is 13.2. The van der Waals surface area contributed by atoms with E-state index in [4.69, 9.17) is 4.74 Å². The highest BCUT2D eigenvalue weighted by molar-refractivity contribution is 9.10. The molecule has 0 unspecified atom stereocenters. The summed E-state index contributed by atoms with van der Waals surface area (Å²) < 4.78 is 7.15. The highest BCUT2D eigenvalue weighted by Gasteiger charge is 2.12. The van der Waals surface area contributed by atoms with E-state index in [1.54, 1.807) is 0 Å². The lowest BCUT2D eigenvalue weighted by atomic mass is 10.1. The molecule has 0 radical (unpaired) electrons. The van der Waals surface area contributed by atoms with Crippen molar-refractivity contribution >= 4 is 15.9 Å². The molecule has 0 atom stereocenters. The second-order valence-corrected chi connectivity index (χ2v) is 6.08. The molecule has 0 spiro atoms. The summed E-state index contributed by atoms with van der Waals surface area (Å²) >= 11 is 3.51. The fourth-order valence-electron chi connectivity index (χ4n) is 2.71. The van der Waals surface area contributed by atoms with Gasteiger partial charge in [0.1, 0.15) is 11.5 Å². The van der Waals surface area contributed by atoms with Crippen LogP contribution in [0.1, 0.15) is 23.1 Å². The minimum atomic E-state index is 0.791. The fraction of sp³-hybridized carbons (Fsp3) is 0.294. The van der Waals surface area contributed by atoms with Crippen LogP contribution in [0.15, 0.2) is 40.9 Å². The summed E-state index contributed by atoms with van der Waals surface area (Å²) in [5.41, 5.74) is 4.07. The summed E-state index contributed by atoms with van der Waals surface area (Å²) in [6, 6.07) is 12.6. The Hall–Kier alpha value is -1.32. The van der Waals surface area contributed by atoms with Crippen molar-refractivity contribution in [3.8, 4) is 11.5 Å². The summed E-state index contributed by atoms with van der Waals surface area (Å²) in [4.78, 5) is 0. The van der Waals surface area contributed by atoms with Crippen LogP contribution < -0.4 is 10.1 Å². The molecule has 20 heavy (non-hydrogen) atoms. The van der Waals surface area contributed by atoms with Gasteiger partial charge in [-0.2, -0.15) is 0 Å². The van der Waals surface area contributed by atoms with E-state index in [-0.39, 0.29) is 0 Å². The number of rotatable bonds is 4. The Kier molecular flexibility index (Phi) is 4.08. The Morgan fingerprint density at radius 2 is 1.95 bits per heavy atom. The standard InChI is InChI=1S/C17H18BrNO/c1-19-11-14-9-15(18)6-8-17(14)20-16-7-5-12-3-2-4-13(12)10-16/h5-10,19H,2-4,11H2,1H3. The topological polar surface area (TPSA) is 21.3 Å². The van der Waals surface area contributed by atoms with Crippen LogP contribution in [0, 0.1) is 0 Å². The third-order valence-corrected chi connectivity index (χ3v) is 4.18. The smallest absolute Gasteiger partial charge is 0.131 e. The summed E-state index contributed by atoms with van der Waals surface area (Å²) in [6.07, 6.45) is 3.65. The first kappa shape index (κ1) is 13.7. The lowest BCUT2D eigenvalue weighted by Crippen LogP contribution is -2.06.